The van der Waals surface area contributed by atoms with Gasteiger partial charge in [0.2, 0.25) is 0 Å². The fourth-order valence-electron chi connectivity index (χ4n) is 2.82. The number of carbonyl (C=O) groups is 4. The van der Waals surface area contributed by atoms with Crippen LogP contribution in [-0.4, -0.2) is 52.3 Å². The van der Waals surface area contributed by atoms with Crippen molar-refractivity contribution < 1.29 is 42.7 Å². The van der Waals surface area contributed by atoms with Crippen molar-refractivity contribution in [1.82, 2.24) is 0 Å². The molecule has 1 heterocycles. The van der Waals surface area contributed by atoms with Crippen LogP contribution in [0.2, 0.25) is 0 Å². The molecule has 0 fully saturated rings. The maximum Gasteiger partial charge on any atom is 0.342 e. The minimum atomic E-state index is -4.33. The number of carbonyl (C=O) groups excluding carboxylic acids is 4. The topological polar surface area (TPSA) is 122 Å². The van der Waals surface area contributed by atoms with Crippen LogP contribution in [0.1, 0.15) is 0 Å². The number of hydrogen-bond acceptors (Lipinski definition) is 9. The van der Waals surface area contributed by atoms with Crippen LogP contribution in [-0.2, 0) is 42.7 Å². The molecule has 0 atom stereocenters. The van der Waals surface area contributed by atoms with E-state index < -0.39 is 52.8 Å². The summed E-state index contributed by atoms with van der Waals surface area (Å²) in [4.78, 5) is 50.0. The molecule has 0 aromatic heterocycles. The van der Waals surface area contributed by atoms with Crippen molar-refractivity contribution in [3.63, 3.8) is 0 Å². The highest BCUT2D eigenvalue weighted by molar-refractivity contribution is 7.82. The van der Waals surface area contributed by atoms with Gasteiger partial charge in [-0.1, -0.05) is 30.3 Å². The third-order valence-electron chi connectivity index (χ3n) is 4.01. The van der Waals surface area contributed by atoms with Crippen molar-refractivity contribution in [2.45, 2.75) is 0 Å². The van der Waals surface area contributed by atoms with Gasteiger partial charge in [-0.3, -0.25) is 0 Å². The Labute approximate surface area is 160 Å². The summed E-state index contributed by atoms with van der Waals surface area (Å²) in [6, 6.07) is 7.44. The van der Waals surface area contributed by atoms with Crippen molar-refractivity contribution in [3.8, 4) is 0 Å². The van der Waals surface area contributed by atoms with Gasteiger partial charge in [-0.25, -0.2) is 19.2 Å². The van der Waals surface area contributed by atoms with E-state index in [2.05, 4.69) is 9.47 Å². The average Bonchev–Trinajstić information content (AvgIpc) is 3.02. The maximum atomic E-state index is 14.2. The molecule has 0 N–H and O–H groups in total. The van der Waals surface area contributed by atoms with Gasteiger partial charge in [0.1, 0.15) is 10.6 Å². The number of rotatable bonds is 5. The smallest absolute Gasteiger partial charge is 0.342 e. The molecule has 0 saturated carbocycles. The highest BCUT2D eigenvalue weighted by Crippen LogP contribution is 2.67. The zero-order valence-electron chi connectivity index (χ0n) is 15.5. The lowest BCUT2D eigenvalue weighted by Crippen LogP contribution is -2.18. The lowest BCUT2D eigenvalue weighted by Gasteiger charge is -2.18. The number of esters is 4. The standard InChI is InChI=1S/C18H17O9P/c1-24-15(19)11-12(16(20)25-2)14(18(22)27-4)28(23,13(11)17(21)26-3)10-8-6-5-7-9-10/h5-9H,1-4H3. The Morgan fingerprint density at radius 3 is 1.32 bits per heavy atom. The van der Waals surface area contributed by atoms with Gasteiger partial charge < -0.3 is 23.5 Å². The van der Waals surface area contributed by atoms with Crippen LogP contribution >= 0.6 is 7.14 Å². The van der Waals surface area contributed by atoms with Crippen molar-refractivity contribution >= 4 is 36.3 Å². The first kappa shape index (κ1) is 21.1. The van der Waals surface area contributed by atoms with Gasteiger partial charge in [-0.05, 0) is 0 Å². The molecule has 0 spiro atoms. The summed E-state index contributed by atoms with van der Waals surface area (Å²) in [7, 11) is -0.306. The van der Waals surface area contributed by atoms with Gasteiger partial charge in [0.25, 0.3) is 0 Å². The maximum absolute atomic E-state index is 14.2. The van der Waals surface area contributed by atoms with Gasteiger partial charge in [-0.2, -0.15) is 0 Å². The molecule has 148 valence electrons. The molecule has 10 heteroatoms. The van der Waals surface area contributed by atoms with E-state index in [0.29, 0.717) is 0 Å². The largest absolute Gasteiger partial charge is 0.465 e. The molecule has 2 rings (SSSR count). The molecular formula is C18H17O9P. The normalized spacial score (nSPS) is 15.1. The molecule has 0 radical (unpaired) electrons. The van der Waals surface area contributed by atoms with Gasteiger partial charge >= 0.3 is 23.9 Å². The number of hydrogen-bond donors (Lipinski definition) is 0. The first-order chi connectivity index (χ1) is 13.3. The second-order valence-electron chi connectivity index (χ2n) is 5.36. The summed E-state index contributed by atoms with van der Waals surface area (Å²) in [5.74, 6) is -4.63. The zero-order chi connectivity index (χ0) is 21.1. The van der Waals surface area contributed by atoms with Crippen LogP contribution in [0.4, 0.5) is 0 Å². The van der Waals surface area contributed by atoms with E-state index in [1.165, 1.54) is 24.3 Å². The van der Waals surface area contributed by atoms with Crippen molar-refractivity contribution in [2.75, 3.05) is 28.4 Å². The van der Waals surface area contributed by atoms with Crippen molar-refractivity contribution in [3.05, 3.63) is 52.1 Å². The van der Waals surface area contributed by atoms with Crippen LogP contribution in [0, 0.1) is 0 Å². The number of methoxy groups -OCH3 is 4. The monoisotopic (exact) mass is 408 g/mol. The summed E-state index contributed by atoms with van der Waals surface area (Å²) in [5.41, 5.74) is -1.32. The average molecular weight is 408 g/mol. The van der Waals surface area contributed by atoms with Crippen LogP contribution in [0.25, 0.3) is 0 Å². The molecule has 1 aliphatic rings. The molecule has 1 aliphatic heterocycles. The molecular weight excluding hydrogens is 391 g/mol. The molecule has 1 aromatic carbocycles. The van der Waals surface area contributed by atoms with E-state index in [9.17, 15) is 23.7 Å². The van der Waals surface area contributed by atoms with Gasteiger partial charge in [-0.15, -0.1) is 0 Å². The van der Waals surface area contributed by atoms with Crippen LogP contribution < -0.4 is 5.30 Å². The quantitative estimate of drug-likeness (QED) is 0.397. The fraction of sp³-hybridized carbons (Fsp3) is 0.222. The molecule has 0 bridgehead atoms. The summed E-state index contributed by atoms with van der Waals surface area (Å²) in [5, 5.41) is -1.29. The molecule has 28 heavy (non-hydrogen) atoms. The molecule has 0 saturated heterocycles. The summed E-state index contributed by atoms with van der Waals surface area (Å²) in [6.07, 6.45) is 0. The van der Waals surface area contributed by atoms with Crippen LogP contribution in [0.5, 0.6) is 0 Å². The molecule has 0 unspecified atom stereocenters. The first-order valence-electron chi connectivity index (χ1n) is 7.78. The van der Waals surface area contributed by atoms with E-state index in [4.69, 9.17) is 9.47 Å². The third kappa shape index (κ3) is 3.14. The molecule has 9 nitrogen and oxygen atoms in total. The number of benzene rings is 1. The zero-order valence-corrected chi connectivity index (χ0v) is 16.4. The number of ether oxygens (including phenoxy) is 4. The Bertz CT molecular complexity index is 901. The van der Waals surface area contributed by atoms with Crippen LogP contribution in [0.3, 0.4) is 0 Å². The lowest BCUT2D eigenvalue weighted by atomic mass is 10.1. The summed E-state index contributed by atoms with van der Waals surface area (Å²) >= 11 is 0. The van der Waals surface area contributed by atoms with E-state index >= 15 is 0 Å². The lowest BCUT2D eigenvalue weighted by molar-refractivity contribution is -0.140. The Hall–Kier alpha value is -3.19. The Balaban J connectivity index is 3.09. The highest BCUT2D eigenvalue weighted by Gasteiger charge is 2.55. The Kier molecular flexibility index (Phi) is 6.20. The van der Waals surface area contributed by atoms with Gasteiger partial charge in [0, 0.05) is 5.30 Å². The Morgan fingerprint density at radius 1 is 0.643 bits per heavy atom. The summed E-state index contributed by atoms with van der Waals surface area (Å²) in [6.45, 7) is 0. The predicted octanol–water partition coefficient (Wildman–Crippen LogP) is 0.889. The van der Waals surface area contributed by atoms with Crippen LogP contribution in [0.15, 0.2) is 52.1 Å². The minimum Gasteiger partial charge on any atom is -0.465 e. The molecule has 1 aromatic rings. The first-order valence-corrected chi connectivity index (χ1v) is 9.49. The van der Waals surface area contributed by atoms with Gasteiger partial charge in [0.15, 0.2) is 7.14 Å². The predicted molar refractivity (Wildman–Crippen MR) is 95.8 cm³/mol. The second-order valence-corrected chi connectivity index (χ2v) is 7.99. The molecule has 0 amide bonds. The summed E-state index contributed by atoms with van der Waals surface area (Å²) < 4.78 is 32.9. The van der Waals surface area contributed by atoms with E-state index in [1.54, 1.807) is 6.07 Å². The highest BCUT2D eigenvalue weighted by atomic mass is 31.2. The Morgan fingerprint density at radius 2 is 1.00 bits per heavy atom. The minimum absolute atomic E-state index is 0.0242. The van der Waals surface area contributed by atoms with E-state index in [0.717, 1.165) is 28.4 Å². The molecule has 0 aliphatic carbocycles. The fourth-order valence-corrected chi connectivity index (χ4v) is 5.88. The van der Waals surface area contributed by atoms with Crippen molar-refractivity contribution in [1.29, 1.82) is 0 Å². The second kappa shape index (κ2) is 8.22. The SMILES string of the molecule is COC(=O)C1=C(C(=O)OC)P(=O)(c2ccccc2)C(C(=O)OC)=C1C(=O)OC. The third-order valence-corrected chi connectivity index (χ3v) is 7.11. The van der Waals surface area contributed by atoms with E-state index in [1.807, 2.05) is 0 Å². The van der Waals surface area contributed by atoms with Crippen molar-refractivity contribution in [2.24, 2.45) is 0 Å². The van der Waals surface area contributed by atoms with Gasteiger partial charge in [0.05, 0.1) is 39.6 Å². The van der Waals surface area contributed by atoms with E-state index in [-0.39, 0.29) is 5.30 Å².